The first-order valence-corrected chi connectivity index (χ1v) is 8.84. The average molecular weight is 300 g/mol. The van der Waals surface area contributed by atoms with Crippen molar-refractivity contribution in [1.29, 1.82) is 0 Å². The third-order valence-corrected chi connectivity index (χ3v) is 6.09. The van der Waals surface area contributed by atoms with Crippen LogP contribution in [0.25, 0.3) is 0 Å². The zero-order valence-corrected chi connectivity index (χ0v) is 12.7. The molecule has 0 aliphatic heterocycles. The third kappa shape index (κ3) is 3.20. The van der Waals surface area contributed by atoms with Gasteiger partial charge in [0.05, 0.1) is 10.9 Å². The number of rotatable bonds is 3. The zero-order chi connectivity index (χ0) is 15.0. The second-order valence-electron chi connectivity index (χ2n) is 5.97. The molecule has 0 saturated heterocycles. The Morgan fingerprint density at radius 3 is 2.40 bits per heavy atom. The van der Waals surface area contributed by atoms with Gasteiger partial charge in [-0.15, -0.1) is 0 Å². The van der Waals surface area contributed by atoms with Gasteiger partial charge in [0, 0.05) is 6.26 Å². The molecule has 3 unspecified atom stereocenters. The highest BCUT2D eigenvalue weighted by molar-refractivity contribution is 7.91. The van der Waals surface area contributed by atoms with Gasteiger partial charge in [0.15, 0.2) is 0 Å². The van der Waals surface area contributed by atoms with Gasteiger partial charge < -0.3 is 5.11 Å². The van der Waals surface area contributed by atoms with Gasteiger partial charge in [-0.3, -0.25) is 0 Å². The van der Waals surface area contributed by atoms with E-state index in [1.165, 1.54) is 18.4 Å². The lowest BCUT2D eigenvalue weighted by Gasteiger charge is -2.38. The monoisotopic (exact) mass is 300 g/mol. The van der Waals surface area contributed by atoms with Gasteiger partial charge >= 0.3 is 0 Å². The highest BCUT2D eigenvalue weighted by Gasteiger charge is 2.39. The van der Waals surface area contributed by atoms with Gasteiger partial charge in [-0.2, -0.15) is 0 Å². The molecule has 1 aromatic carbocycles. The van der Waals surface area contributed by atoms with Crippen LogP contribution in [-0.4, -0.2) is 25.0 Å². The fourth-order valence-electron chi connectivity index (χ4n) is 3.07. The van der Waals surface area contributed by atoms with Crippen molar-refractivity contribution in [2.24, 2.45) is 5.92 Å². The topological polar surface area (TPSA) is 54.4 Å². The Hall–Kier alpha value is -0.940. The molecule has 5 heteroatoms. The molecule has 1 N–H and O–H groups in total. The summed E-state index contributed by atoms with van der Waals surface area (Å²) >= 11 is 0. The Balaban J connectivity index is 2.23. The van der Waals surface area contributed by atoms with Crippen molar-refractivity contribution in [2.75, 3.05) is 6.26 Å². The molecule has 0 amide bonds. The SMILES string of the molecule is CC(O)(c1ccc(F)cc1)C1CCCC(S(C)(=O)=O)C1. The Bertz CT molecular complexity index is 563. The second kappa shape index (κ2) is 5.45. The minimum atomic E-state index is -3.08. The normalized spacial score (nSPS) is 27.0. The highest BCUT2D eigenvalue weighted by atomic mass is 32.2. The fourth-order valence-corrected chi connectivity index (χ4v) is 4.24. The molecular weight excluding hydrogens is 279 g/mol. The Morgan fingerprint density at radius 2 is 1.85 bits per heavy atom. The Labute approximate surface area is 119 Å². The van der Waals surface area contributed by atoms with Crippen molar-refractivity contribution in [2.45, 2.75) is 43.5 Å². The van der Waals surface area contributed by atoms with Crippen molar-refractivity contribution >= 4 is 9.84 Å². The third-order valence-electron chi connectivity index (χ3n) is 4.46. The van der Waals surface area contributed by atoms with E-state index in [1.807, 2.05) is 0 Å². The van der Waals surface area contributed by atoms with Crippen LogP contribution in [0.15, 0.2) is 24.3 Å². The Kier molecular flexibility index (Phi) is 4.21. The minimum absolute atomic E-state index is 0.124. The van der Waals surface area contributed by atoms with Crippen molar-refractivity contribution < 1.29 is 17.9 Å². The lowest BCUT2D eigenvalue weighted by Crippen LogP contribution is -2.38. The molecule has 1 aromatic rings. The number of hydrogen-bond donors (Lipinski definition) is 1. The molecule has 2 rings (SSSR count). The molecule has 0 spiro atoms. The van der Waals surface area contributed by atoms with E-state index in [0.717, 1.165) is 12.8 Å². The molecule has 0 heterocycles. The smallest absolute Gasteiger partial charge is 0.150 e. The number of aliphatic hydroxyl groups is 1. The predicted octanol–water partition coefficient (Wildman–Crippen LogP) is 2.64. The summed E-state index contributed by atoms with van der Waals surface area (Å²) in [5, 5.41) is 10.4. The average Bonchev–Trinajstić information content (AvgIpc) is 2.38. The lowest BCUT2D eigenvalue weighted by atomic mass is 9.74. The number of halogens is 1. The summed E-state index contributed by atoms with van der Waals surface area (Å²) < 4.78 is 36.4. The maximum atomic E-state index is 13.0. The fraction of sp³-hybridized carbons (Fsp3) is 0.600. The summed E-state index contributed by atoms with van der Waals surface area (Å²) in [5.74, 6) is -0.469. The Morgan fingerprint density at radius 1 is 1.25 bits per heavy atom. The summed E-state index contributed by atoms with van der Waals surface area (Å²) in [6.45, 7) is 1.69. The molecule has 1 aliphatic carbocycles. The summed E-state index contributed by atoms with van der Waals surface area (Å²) in [5.41, 5.74) is -0.491. The predicted molar refractivity (Wildman–Crippen MR) is 76.6 cm³/mol. The lowest BCUT2D eigenvalue weighted by molar-refractivity contribution is -0.0208. The van der Waals surface area contributed by atoms with E-state index in [4.69, 9.17) is 0 Å². The summed E-state index contributed by atoms with van der Waals surface area (Å²) in [6, 6.07) is 5.78. The van der Waals surface area contributed by atoms with E-state index in [0.29, 0.717) is 18.4 Å². The van der Waals surface area contributed by atoms with Crippen molar-refractivity contribution in [1.82, 2.24) is 0 Å². The standard InChI is InChI=1S/C15H21FO3S/c1-15(17,11-6-8-13(16)9-7-11)12-4-3-5-14(10-12)20(2,18)19/h6-9,12,14,17H,3-5,10H2,1-2H3. The van der Waals surface area contributed by atoms with Gasteiger partial charge in [0.25, 0.3) is 0 Å². The maximum Gasteiger partial charge on any atom is 0.150 e. The van der Waals surface area contributed by atoms with E-state index in [9.17, 15) is 17.9 Å². The molecule has 20 heavy (non-hydrogen) atoms. The first-order chi connectivity index (χ1) is 9.21. The maximum absolute atomic E-state index is 13.0. The molecule has 0 aromatic heterocycles. The van der Waals surface area contributed by atoms with E-state index in [-0.39, 0.29) is 17.0 Å². The molecular formula is C15H21FO3S. The first kappa shape index (κ1) is 15.4. The van der Waals surface area contributed by atoms with Crippen LogP contribution in [0.5, 0.6) is 0 Å². The van der Waals surface area contributed by atoms with Gasteiger partial charge in [0.2, 0.25) is 0 Å². The van der Waals surface area contributed by atoms with Gasteiger partial charge in [-0.1, -0.05) is 18.6 Å². The van der Waals surface area contributed by atoms with Crippen LogP contribution in [0.4, 0.5) is 4.39 Å². The highest BCUT2D eigenvalue weighted by Crippen LogP contribution is 2.40. The molecule has 3 atom stereocenters. The van der Waals surface area contributed by atoms with Crippen LogP contribution in [0, 0.1) is 11.7 Å². The van der Waals surface area contributed by atoms with Crippen LogP contribution < -0.4 is 0 Å². The quantitative estimate of drug-likeness (QED) is 0.933. The minimum Gasteiger partial charge on any atom is -0.385 e. The van der Waals surface area contributed by atoms with Crippen LogP contribution in [0.1, 0.15) is 38.2 Å². The summed E-state index contributed by atoms with van der Waals surface area (Å²) in [4.78, 5) is 0. The number of sulfone groups is 1. The van der Waals surface area contributed by atoms with Gasteiger partial charge in [-0.25, -0.2) is 12.8 Å². The first-order valence-electron chi connectivity index (χ1n) is 6.88. The molecule has 1 saturated carbocycles. The van der Waals surface area contributed by atoms with Crippen LogP contribution in [0.3, 0.4) is 0 Å². The van der Waals surface area contributed by atoms with Crippen molar-refractivity contribution in [3.63, 3.8) is 0 Å². The van der Waals surface area contributed by atoms with E-state index >= 15 is 0 Å². The van der Waals surface area contributed by atoms with Crippen LogP contribution in [-0.2, 0) is 15.4 Å². The van der Waals surface area contributed by atoms with E-state index < -0.39 is 15.4 Å². The van der Waals surface area contributed by atoms with E-state index in [1.54, 1.807) is 19.1 Å². The van der Waals surface area contributed by atoms with Crippen molar-refractivity contribution in [3.05, 3.63) is 35.6 Å². The molecule has 1 fully saturated rings. The number of benzene rings is 1. The van der Waals surface area contributed by atoms with Crippen LogP contribution in [0.2, 0.25) is 0 Å². The van der Waals surface area contributed by atoms with Gasteiger partial charge in [0.1, 0.15) is 15.7 Å². The molecule has 0 bridgehead atoms. The largest absolute Gasteiger partial charge is 0.385 e. The van der Waals surface area contributed by atoms with Crippen molar-refractivity contribution in [3.8, 4) is 0 Å². The van der Waals surface area contributed by atoms with E-state index in [2.05, 4.69) is 0 Å². The van der Waals surface area contributed by atoms with Crippen LogP contribution >= 0.6 is 0 Å². The second-order valence-corrected chi connectivity index (χ2v) is 8.30. The summed E-state index contributed by atoms with van der Waals surface area (Å²) in [7, 11) is -3.08. The number of hydrogen-bond acceptors (Lipinski definition) is 3. The molecule has 3 nitrogen and oxygen atoms in total. The molecule has 112 valence electrons. The molecule has 0 radical (unpaired) electrons. The molecule has 1 aliphatic rings. The van der Waals surface area contributed by atoms with Gasteiger partial charge in [-0.05, 0) is 49.8 Å². The summed E-state index contributed by atoms with van der Waals surface area (Å²) in [6.07, 6.45) is 3.96. The zero-order valence-electron chi connectivity index (χ0n) is 11.8.